The molecule has 6 nitrogen and oxygen atoms in total. The number of amides is 1. The van der Waals surface area contributed by atoms with Crippen LogP contribution in [0.4, 0.5) is 0 Å². The number of H-pyrrole nitrogens is 1. The largest absolute Gasteiger partial charge is 0.479 e. The van der Waals surface area contributed by atoms with Crippen molar-refractivity contribution in [1.29, 1.82) is 0 Å². The highest BCUT2D eigenvalue weighted by atomic mass is 16.4. The van der Waals surface area contributed by atoms with Gasteiger partial charge >= 0.3 is 5.97 Å². The predicted molar refractivity (Wildman–Crippen MR) is 104 cm³/mol. The Labute approximate surface area is 157 Å². The van der Waals surface area contributed by atoms with Gasteiger partial charge in [-0.1, -0.05) is 17.7 Å². The van der Waals surface area contributed by atoms with Crippen molar-refractivity contribution in [2.24, 2.45) is 0 Å². The molecule has 1 aromatic carbocycles. The number of likely N-dealkylation sites (N-methyl/N-ethyl adjacent to an activating group) is 1. The van der Waals surface area contributed by atoms with Crippen LogP contribution in [0.25, 0.3) is 10.9 Å². The Hall–Kier alpha value is -3.15. The number of aromatic amines is 1. The molecule has 0 bridgehead atoms. The molecule has 0 fully saturated rings. The van der Waals surface area contributed by atoms with Gasteiger partial charge in [0.2, 0.25) is 5.91 Å². The molecule has 0 aliphatic carbocycles. The molecule has 0 spiro atoms. The molecule has 3 rings (SSSR count). The van der Waals surface area contributed by atoms with Crippen LogP contribution in [0.1, 0.15) is 34.0 Å². The fourth-order valence-electron chi connectivity index (χ4n) is 3.55. The van der Waals surface area contributed by atoms with Crippen LogP contribution in [-0.4, -0.2) is 38.9 Å². The Morgan fingerprint density at radius 2 is 2.00 bits per heavy atom. The average Bonchev–Trinajstić information content (AvgIpc) is 2.92. The quantitative estimate of drug-likeness (QED) is 0.726. The zero-order valence-electron chi connectivity index (χ0n) is 15.9. The number of hydrogen-bond acceptors (Lipinski definition) is 3. The summed E-state index contributed by atoms with van der Waals surface area (Å²) in [4.78, 5) is 33.3. The number of carbonyl (C=O) groups excluding carboxylic acids is 1. The number of carboxylic acid groups (broad SMARTS) is 1. The van der Waals surface area contributed by atoms with Crippen molar-refractivity contribution in [2.75, 3.05) is 7.05 Å². The third-order valence-corrected chi connectivity index (χ3v) is 4.91. The molecule has 27 heavy (non-hydrogen) atoms. The average molecular weight is 365 g/mol. The first-order valence-corrected chi connectivity index (χ1v) is 8.76. The van der Waals surface area contributed by atoms with Crippen molar-refractivity contribution in [3.8, 4) is 0 Å². The molecule has 0 radical (unpaired) electrons. The van der Waals surface area contributed by atoms with E-state index >= 15 is 0 Å². The Morgan fingerprint density at radius 1 is 1.26 bits per heavy atom. The lowest BCUT2D eigenvalue weighted by molar-refractivity contribution is -0.149. The molecule has 0 saturated heterocycles. The third kappa shape index (κ3) is 3.56. The summed E-state index contributed by atoms with van der Waals surface area (Å²) >= 11 is 0. The van der Waals surface area contributed by atoms with Crippen molar-refractivity contribution in [2.45, 2.75) is 33.2 Å². The maximum absolute atomic E-state index is 12.9. The number of benzene rings is 1. The Kier molecular flexibility index (Phi) is 4.99. The first kappa shape index (κ1) is 18.6. The molecule has 140 valence electrons. The van der Waals surface area contributed by atoms with Gasteiger partial charge in [0.1, 0.15) is 0 Å². The van der Waals surface area contributed by atoms with Crippen LogP contribution in [0.15, 0.2) is 36.7 Å². The maximum Gasteiger partial charge on any atom is 0.331 e. The zero-order chi connectivity index (χ0) is 19.7. The second kappa shape index (κ2) is 7.23. The molecule has 6 heteroatoms. The lowest BCUT2D eigenvalue weighted by atomic mass is 10.0. The highest BCUT2D eigenvalue weighted by Gasteiger charge is 2.29. The van der Waals surface area contributed by atoms with Crippen molar-refractivity contribution < 1.29 is 14.7 Å². The van der Waals surface area contributed by atoms with Crippen molar-refractivity contribution in [3.63, 3.8) is 0 Å². The minimum absolute atomic E-state index is 0.134. The predicted octanol–water partition coefficient (Wildman–Crippen LogP) is 3.31. The molecule has 1 atom stereocenters. The number of carbonyl (C=O) groups is 2. The van der Waals surface area contributed by atoms with E-state index in [1.807, 2.05) is 20.8 Å². The Bertz CT molecular complexity index is 1010. The summed E-state index contributed by atoms with van der Waals surface area (Å²) in [5.41, 5.74) is 5.57. The summed E-state index contributed by atoms with van der Waals surface area (Å²) in [5.74, 6) is -1.34. The van der Waals surface area contributed by atoms with Gasteiger partial charge < -0.3 is 15.0 Å². The van der Waals surface area contributed by atoms with E-state index < -0.39 is 12.0 Å². The van der Waals surface area contributed by atoms with E-state index in [4.69, 9.17) is 0 Å². The van der Waals surface area contributed by atoms with Crippen molar-refractivity contribution in [1.82, 2.24) is 14.9 Å². The molecule has 0 aliphatic heterocycles. The number of aliphatic carboxylic acids is 1. The number of nitrogens with one attached hydrogen (secondary N) is 1. The summed E-state index contributed by atoms with van der Waals surface area (Å²) in [6.07, 6.45) is 3.19. The number of nitrogens with zero attached hydrogens (tertiary/aromatic N) is 2. The number of fused-ring (bicyclic) bond motifs is 1. The van der Waals surface area contributed by atoms with E-state index in [0.717, 1.165) is 33.3 Å². The van der Waals surface area contributed by atoms with Crippen LogP contribution >= 0.6 is 0 Å². The van der Waals surface area contributed by atoms with Gasteiger partial charge in [0, 0.05) is 41.6 Å². The summed E-state index contributed by atoms with van der Waals surface area (Å²) in [7, 11) is 1.52. The number of rotatable bonds is 5. The molecule has 1 unspecified atom stereocenters. The van der Waals surface area contributed by atoms with Crippen molar-refractivity contribution in [3.05, 3.63) is 64.6 Å². The minimum atomic E-state index is -1.08. The van der Waals surface area contributed by atoms with Crippen LogP contribution in [0.2, 0.25) is 0 Å². The van der Waals surface area contributed by atoms with Crippen LogP contribution in [-0.2, 0) is 16.0 Å². The number of aromatic nitrogens is 2. The van der Waals surface area contributed by atoms with Crippen LogP contribution in [0, 0.1) is 20.8 Å². The number of pyridine rings is 1. The lowest BCUT2D eigenvalue weighted by Crippen LogP contribution is -2.36. The number of aryl methyl sites for hydroxylation is 3. The van der Waals surface area contributed by atoms with E-state index in [0.29, 0.717) is 5.56 Å². The topological polar surface area (TPSA) is 86.3 Å². The van der Waals surface area contributed by atoms with E-state index in [1.54, 1.807) is 18.3 Å². The van der Waals surface area contributed by atoms with Crippen LogP contribution < -0.4 is 0 Å². The number of carboxylic acids is 1. The molecular formula is C21H23N3O3. The summed E-state index contributed by atoms with van der Waals surface area (Å²) in [6, 6.07) is 6.42. The first-order chi connectivity index (χ1) is 12.8. The maximum atomic E-state index is 12.9. The van der Waals surface area contributed by atoms with E-state index in [2.05, 4.69) is 22.1 Å². The molecule has 2 heterocycles. The highest BCUT2D eigenvalue weighted by Crippen LogP contribution is 2.28. The van der Waals surface area contributed by atoms with E-state index in [1.165, 1.54) is 18.1 Å². The smallest absolute Gasteiger partial charge is 0.331 e. The molecule has 3 aromatic rings. The summed E-state index contributed by atoms with van der Waals surface area (Å²) in [6.45, 7) is 5.99. The third-order valence-electron chi connectivity index (χ3n) is 4.91. The fraction of sp³-hybridized carbons (Fsp3) is 0.286. The molecule has 0 saturated carbocycles. The molecule has 1 amide bonds. The van der Waals surface area contributed by atoms with Crippen LogP contribution in [0.5, 0.6) is 0 Å². The lowest BCUT2D eigenvalue weighted by Gasteiger charge is -2.25. The zero-order valence-corrected chi connectivity index (χ0v) is 15.9. The summed E-state index contributed by atoms with van der Waals surface area (Å²) in [5, 5.41) is 10.7. The van der Waals surface area contributed by atoms with E-state index in [9.17, 15) is 14.7 Å². The summed E-state index contributed by atoms with van der Waals surface area (Å²) < 4.78 is 0. The van der Waals surface area contributed by atoms with Gasteiger partial charge in [-0.05, 0) is 44.0 Å². The SMILES string of the molecule is Cc1cc(C)c2[nH]c(C)c(CC(=O)N(C)C(C(=O)O)c3cccnc3)c2c1. The van der Waals surface area contributed by atoms with Gasteiger partial charge in [-0.15, -0.1) is 0 Å². The fourth-order valence-corrected chi connectivity index (χ4v) is 3.55. The Morgan fingerprint density at radius 3 is 2.63 bits per heavy atom. The van der Waals surface area contributed by atoms with Gasteiger partial charge in [-0.3, -0.25) is 9.78 Å². The highest BCUT2D eigenvalue weighted by molar-refractivity contribution is 5.93. The van der Waals surface area contributed by atoms with Crippen molar-refractivity contribution >= 4 is 22.8 Å². The molecule has 2 aromatic heterocycles. The number of hydrogen-bond donors (Lipinski definition) is 2. The molecule has 2 N–H and O–H groups in total. The second-order valence-electron chi connectivity index (χ2n) is 6.94. The molecular weight excluding hydrogens is 342 g/mol. The van der Waals surface area contributed by atoms with Gasteiger partial charge in [-0.2, -0.15) is 0 Å². The minimum Gasteiger partial charge on any atom is -0.479 e. The van der Waals surface area contributed by atoms with E-state index in [-0.39, 0.29) is 12.3 Å². The Balaban J connectivity index is 1.94. The first-order valence-electron chi connectivity index (χ1n) is 8.76. The van der Waals surface area contributed by atoms with Gasteiger partial charge in [-0.25, -0.2) is 4.79 Å². The second-order valence-corrected chi connectivity index (χ2v) is 6.94. The normalized spacial score (nSPS) is 12.1. The monoisotopic (exact) mass is 365 g/mol. The van der Waals surface area contributed by atoms with Gasteiger partial charge in [0.15, 0.2) is 6.04 Å². The standard InChI is InChI=1S/C21H23N3O3/c1-12-8-13(2)19-17(9-12)16(14(3)23-19)10-18(25)24(4)20(21(26)27)15-6-5-7-22-11-15/h5-9,11,20,23H,10H2,1-4H3,(H,26,27). The van der Waals surface area contributed by atoms with Gasteiger partial charge in [0.25, 0.3) is 0 Å². The van der Waals surface area contributed by atoms with Gasteiger partial charge in [0.05, 0.1) is 6.42 Å². The molecule has 0 aliphatic rings. The van der Waals surface area contributed by atoms with Crippen LogP contribution in [0.3, 0.4) is 0 Å².